The second-order valence-corrected chi connectivity index (χ2v) is 5.46. The molecule has 1 aliphatic carbocycles. The van der Waals surface area contributed by atoms with E-state index in [1.165, 1.54) is 31.3 Å². The number of amides is 1. The van der Waals surface area contributed by atoms with Crippen LogP contribution in [0.2, 0.25) is 0 Å². The Morgan fingerprint density at radius 2 is 2.05 bits per heavy atom. The summed E-state index contributed by atoms with van der Waals surface area (Å²) in [7, 11) is 0. The standard InChI is InChI=1S/C18H25NO2/c1-2-21-17-10-8-16(9-11-17)14-18(20)19-13-12-15-6-4-3-5-7-15/h6,8-11H,2-5,7,12-14H2,1H3,(H,19,20). The number of hydrogen-bond donors (Lipinski definition) is 1. The fourth-order valence-electron chi connectivity index (χ4n) is 2.61. The smallest absolute Gasteiger partial charge is 0.224 e. The second-order valence-electron chi connectivity index (χ2n) is 5.46. The van der Waals surface area contributed by atoms with E-state index in [0.29, 0.717) is 13.0 Å². The van der Waals surface area contributed by atoms with E-state index in [9.17, 15) is 4.79 Å². The third-order valence-electron chi connectivity index (χ3n) is 3.75. The van der Waals surface area contributed by atoms with Crippen molar-refractivity contribution in [1.29, 1.82) is 0 Å². The van der Waals surface area contributed by atoms with Gasteiger partial charge in [-0.25, -0.2) is 0 Å². The van der Waals surface area contributed by atoms with Crippen molar-refractivity contribution in [2.45, 2.75) is 45.4 Å². The Morgan fingerprint density at radius 3 is 2.71 bits per heavy atom. The minimum atomic E-state index is 0.0931. The summed E-state index contributed by atoms with van der Waals surface area (Å²) in [6.07, 6.45) is 8.78. The molecule has 1 aliphatic rings. The van der Waals surface area contributed by atoms with Crippen LogP contribution in [0, 0.1) is 0 Å². The lowest BCUT2D eigenvalue weighted by atomic mass is 9.97. The fourth-order valence-corrected chi connectivity index (χ4v) is 2.61. The first kappa shape index (κ1) is 15.6. The second kappa shape index (κ2) is 8.50. The van der Waals surface area contributed by atoms with Crippen LogP contribution in [-0.2, 0) is 11.2 Å². The maximum absolute atomic E-state index is 11.9. The third kappa shape index (κ3) is 5.62. The molecule has 21 heavy (non-hydrogen) atoms. The topological polar surface area (TPSA) is 38.3 Å². The molecule has 0 unspecified atom stereocenters. The van der Waals surface area contributed by atoms with Crippen molar-refractivity contribution in [1.82, 2.24) is 5.32 Å². The molecule has 0 spiro atoms. The first-order chi connectivity index (χ1) is 10.3. The van der Waals surface area contributed by atoms with Gasteiger partial charge in [-0.05, 0) is 56.7 Å². The van der Waals surface area contributed by atoms with Gasteiger partial charge in [-0.1, -0.05) is 23.8 Å². The van der Waals surface area contributed by atoms with Crippen LogP contribution in [0.25, 0.3) is 0 Å². The molecule has 0 heterocycles. The van der Waals surface area contributed by atoms with Crippen molar-refractivity contribution in [3.8, 4) is 5.75 Å². The van der Waals surface area contributed by atoms with Crippen LogP contribution in [0.4, 0.5) is 0 Å². The van der Waals surface area contributed by atoms with Gasteiger partial charge in [0.15, 0.2) is 0 Å². The summed E-state index contributed by atoms with van der Waals surface area (Å²) in [5, 5.41) is 3.01. The van der Waals surface area contributed by atoms with Gasteiger partial charge in [0, 0.05) is 6.54 Å². The number of carbonyl (C=O) groups is 1. The van der Waals surface area contributed by atoms with E-state index >= 15 is 0 Å². The molecule has 0 aromatic heterocycles. The number of carbonyl (C=O) groups excluding carboxylic acids is 1. The normalized spacial score (nSPS) is 14.4. The molecule has 1 aromatic rings. The van der Waals surface area contributed by atoms with Crippen molar-refractivity contribution in [2.24, 2.45) is 0 Å². The van der Waals surface area contributed by atoms with Gasteiger partial charge in [0.25, 0.3) is 0 Å². The highest BCUT2D eigenvalue weighted by molar-refractivity contribution is 5.78. The maximum atomic E-state index is 11.9. The van der Waals surface area contributed by atoms with Crippen molar-refractivity contribution in [3.05, 3.63) is 41.5 Å². The molecule has 1 aromatic carbocycles. The summed E-state index contributed by atoms with van der Waals surface area (Å²) >= 11 is 0. The van der Waals surface area contributed by atoms with Crippen LogP contribution >= 0.6 is 0 Å². The number of hydrogen-bond acceptors (Lipinski definition) is 2. The van der Waals surface area contributed by atoms with E-state index in [1.54, 1.807) is 0 Å². The molecule has 114 valence electrons. The molecule has 1 N–H and O–H groups in total. The van der Waals surface area contributed by atoms with E-state index in [1.807, 2.05) is 31.2 Å². The molecule has 0 saturated carbocycles. The minimum absolute atomic E-state index is 0.0931. The zero-order valence-corrected chi connectivity index (χ0v) is 12.9. The van der Waals surface area contributed by atoms with Crippen LogP contribution in [0.1, 0.15) is 44.6 Å². The highest BCUT2D eigenvalue weighted by atomic mass is 16.5. The van der Waals surface area contributed by atoms with E-state index in [-0.39, 0.29) is 5.91 Å². The van der Waals surface area contributed by atoms with Crippen molar-refractivity contribution >= 4 is 5.91 Å². The number of rotatable bonds is 7. The SMILES string of the molecule is CCOc1ccc(CC(=O)NCCC2=CCCCC2)cc1. The largest absolute Gasteiger partial charge is 0.494 e. The molecule has 0 fully saturated rings. The molecule has 0 saturated heterocycles. The number of benzene rings is 1. The molecule has 3 heteroatoms. The van der Waals surface area contributed by atoms with Crippen LogP contribution in [-0.4, -0.2) is 19.1 Å². The summed E-state index contributed by atoms with van der Waals surface area (Å²) in [5.74, 6) is 0.946. The lowest BCUT2D eigenvalue weighted by Gasteiger charge is -2.13. The van der Waals surface area contributed by atoms with Crippen LogP contribution in [0.3, 0.4) is 0 Å². The Morgan fingerprint density at radius 1 is 1.24 bits per heavy atom. The Kier molecular flexibility index (Phi) is 6.32. The molecule has 2 rings (SSSR count). The summed E-state index contributed by atoms with van der Waals surface area (Å²) < 4.78 is 5.39. The Hall–Kier alpha value is -1.77. The van der Waals surface area contributed by atoms with Gasteiger partial charge < -0.3 is 10.1 Å². The summed E-state index contributed by atoms with van der Waals surface area (Å²) in [5.41, 5.74) is 2.52. The van der Waals surface area contributed by atoms with E-state index < -0.39 is 0 Å². The van der Waals surface area contributed by atoms with Gasteiger partial charge in [0.2, 0.25) is 5.91 Å². The van der Waals surface area contributed by atoms with Crippen LogP contribution in [0.15, 0.2) is 35.9 Å². The maximum Gasteiger partial charge on any atom is 0.224 e. The average Bonchev–Trinajstić information content (AvgIpc) is 2.51. The first-order valence-electron chi connectivity index (χ1n) is 7.94. The lowest BCUT2D eigenvalue weighted by molar-refractivity contribution is -0.120. The molecule has 0 radical (unpaired) electrons. The summed E-state index contributed by atoms with van der Waals surface area (Å²) in [4.78, 5) is 11.9. The van der Waals surface area contributed by atoms with Crippen molar-refractivity contribution in [2.75, 3.05) is 13.2 Å². The predicted molar refractivity (Wildman–Crippen MR) is 85.5 cm³/mol. The Labute approximate surface area is 127 Å². The van der Waals surface area contributed by atoms with Crippen molar-refractivity contribution < 1.29 is 9.53 Å². The van der Waals surface area contributed by atoms with Gasteiger partial charge in [0.1, 0.15) is 5.75 Å². The quantitative estimate of drug-likeness (QED) is 0.778. The first-order valence-corrected chi connectivity index (χ1v) is 7.94. The summed E-state index contributed by atoms with van der Waals surface area (Å²) in [6, 6.07) is 7.74. The van der Waals surface area contributed by atoms with Gasteiger partial charge in [-0.15, -0.1) is 0 Å². The Balaban J connectivity index is 1.70. The van der Waals surface area contributed by atoms with Crippen LogP contribution in [0.5, 0.6) is 5.75 Å². The number of nitrogens with one attached hydrogen (secondary N) is 1. The van der Waals surface area contributed by atoms with Gasteiger partial charge in [0.05, 0.1) is 13.0 Å². The van der Waals surface area contributed by atoms with Crippen LogP contribution < -0.4 is 10.1 Å². The molecular formula is C18H25NO2. The average molecular weight is 287 g/mol. The van der Waals surface area contributed by atoms with E-state index in [4.69, 9.17) is 4.74 Å². The monoisotopic (exact) mass is 287 g/mol. The lowest BCUT2D eigenvalue weighted by Crippen LogP contribution is -2.26. The number of ether oxygens (including phenoxy) is 1. The van der Waals surface area contributed by atoms with E-state index in [0.717, 1.165) is 24.3 Å². The minimum Gasteiger partial charge on any atom is -0.494 e. The van der Waals surface area contributed by atoms with Gasteiger partial charge in [-0.3, -0.25) is 4.79 Å². The zero-order valence-electron chi connectivity index (χ0n) is 12.9. The molecule has 3 nitrogen and oxygen atoms in total. The van der Waals surface area contributed by atoms with Gasteiger partial charge >= 0.3 is 0 Å². The van der Waals surface area contributed by atoms with Crippen molar-refractivity contribution in [3.63, 3.8) is 0 Å². The predicted octanol–water partition coefficient (Wildman–Crippen LogP) is 3.63. The summed E-state index contributed by atoms with van der Waals surface area (Å²) in [6.45, 7) is 3.38. The molecule has 1 amide bonds. The molecule has 0 bridgehead atoms. The third-order valence-corrected chi connectivity index (χ3v) is 3.75. The van der Waals surface area contributed by atoms with E-state index in [2.05, 4.69) is 11.4 Å². The highest BCUT2D eigenvalue weighted by Crippen LogP contribution is 2.19. The highest BCUT2D eigenvalue weighted by Gasteiger charge is 2.06. The Bertz CT molecular complexity index is 476. The molecule has 0 atom stereocenters. The number of allylic oxidation sites excluding steroid dienone is 1. The van der Waals surface area contributed by atoms with Gasteiger partial charge in [-0.2, -0.15) is 0 Å². The molecular weight excluding hydrogens is 262 g/mol. The zero-order chi connectivity index (χ0) is 14.9. The fraction of sp³-hybridized carbons (Fsp3) is 0.500. The molecule has 0 aliphatic heterocycles.